The third-order valence-corrected chi connectivity index (χ3v) is 4.04. The van der Waals surface area contributed by atoms with Gasteiger partial charge in [0.25, 0.3) is 5.91 Å². The number of likely N-dealkylation sites (tertiary alicyclic amines) is 1. The summed E-state index contributed by atoms with van der Waals surface area (Å²) in [6.07, 6.45) is 5.74. The molecule has 1 aromatic rings. The smallest absolute Gasteiger partial charge is 0.328 e. The second-order valence-corrected chi connectivity index (χ2v) is 5.45. The SMILES string of the molecule is CCC1CCCN1C(=O)c1ccc(C)c(/C=C/C(=O)O)c1. The number of aliphatic carboxylic acids is 1. The van der Waals surface area contributed by atoms with Crippen molar-refractivity contribution >= 4 is 18.0 Å². The molecule has 21 heavy (non-hydrogen) atoms. The molecule has 1 amide bonds. The lowest BCUT2D eigenvalue weighted by atomic mass is 10.0. The molecule has 0 bridgehead atoms. The van der Waals surface area contributed by atoms with Crippen LogP contribution < -0.4 is 0 Å². The summed E-state index contributed by atoms with van der Waals surface area (Å²) in [4.78, 5) is 25.2. The summed E-state index contributed by atoms with van der Waals surface area (Å²) in [6, 6.07) is 5.80. The zero-order chi connectivity index (χ0) is 15.4. The van der Waals surface area contributed by atoms with Crippen LogP contribution in [0.15, 0.2) is 24.3 Å². The van der Waals surface area contributed by atoms with E-state index in [0.29, 0.717) is 11.6 Å². The molecule has 4 heteroatoms. The predicted octanol–water partition coefficient (Wildman–Crippen LogP) is 3.11. The molecule has 4 nitrogen and oxygen atoms in total. The van der Waals surface area contributed by atoms with Gasteiger partial charge in [0.2, 0.25) is 0 Å². The zero-order valence-electron chi connectivity index (χ0n) is 12.5. The Balaban J connectivity index is 2.26. The van der Waals surface area contributed by atoms with E-state index in [-0.39, 0.29) is 5.91 Å². The van der Waals surface area contributed by atoms with E-state index in [1.807, 2.05) is 24.0 Å². The van der Waals surface area contributed by atoms with E-state index in [1.54, 1.807) is 6.07 Å². The van der Waals surface area contributed by atoms with Gasteiger partial charge in [-0.25, -0.2) is 4.79 Å². The third-order valence-electron chi connectivity index (χ3n) is 4.04. The summed E-state index contributed by atoms with van der Waals surface area (Å²) in [6.45, 7) is 4.82. The highest BCUT2D eigenvalue weighted by molar-refractivity contribution is 5.95. The summed E-state index contributed by atoms with van der Waals surface area (Å²) >= 11 is 0. The van der Waals surface area contributed by atoms with Gasteiger partial charge in [0.15, 0.2) is 0 Å². The molecular weight excluding hydrogens is 266 g/mol. The molecule has 1 heterocycles. The monoisotopic (exact) mass is 287 g/mol. The number of nitrogens with zero attached hydrogens (tertiary/aromatic N) is 1. The van der Waals surface area contributed by atoms with E-state index in [0.717, 1.165) is 43.0 Å². The largest absolute Gasteiger partial charge is 0.478 e. The topological polar surface area (TPSA) is 57.6 Å². The van der Waals surface area contributed by atoms with E-state index >= 15 is 0 Å². The second-order valence-electron chi connectivity index (χ2n) is 5.45. The molecule has 1 aromatic carbocycles. The first-order valence-corrected chi connectivity index (χ1v) is 7.35. The van der Waals surface area contributed by atoms with Gasteiger partial charge in [0.1, 0.15) is 0 Å². The summed E-state index contributed by atoms with van der Waals surface area (Å²) in [5, 5.41) is 8.72. The van der Waals surface area contributed by atoms with Crippen LogP contribution in [0.25, 0.3) is 6.08 Å². The molecular formula is C17H21NO3. The molecule has 1 unspecified atom stereocenters. The molecule has 0 saturated carbocycles. The summed E-state index contributed by atoms with van der Waals surface area (Å²) in [7, 11) is 0. The van der Waals surface area contributed by atoms with Crippen molar-refractivity contribution in [3.05, 3.63) is 41.0 Å². The Kier molecular flexibility index (Phi) is 4.78. The van der Waals surface area contributed by atoms with Crippen LogP contribution in [-0.2, 0) is 4.79 Å². The minimum absolute atomic E-state index is 0.0457. The maximum absolute atomic E-state index is 12.6. The molecule has 1 saturated heterocycles. The Morgan fingerprint density at radius 3 is 2.86 bits per heavy atom. The maximum Gasteiger partial charge on any atom is 0.328 e. The molecule has 1 N–H and O–H groups in total. The van der Waals surface area contributed by atoms with Crippen LogP contribution in [0.2, 0.25) is 0 Å². The van der Waals surface area contributed by atoms with Crippen LogP contribution in [0.1, 0.15) is 47.7 Å². The van der Waals surface area contributed by atoms with Crippen molar-refractivity contribution in [2.75, 3.05) is 6.54 Å². The number of rotatable bonds is 4. The van der Waals surface area contributed by atoms with Crippen LogP contribution >= 0.6 is 0 Å². The number of carbonyl (C=O) groups is 2. The van der Waals surface area contributed by atoms with Crippen molar-refractivity contribution in [2.24, 2.45) is 0 Å². The second kappa shape index (κ2) is 6.57. The van der Waals surface area contributed by atoms with Crippen molar-refractivity contribution in [1.29, 1.82) is 0 Å². The Morgan fingerprint density at radius 1 is 1.43 bits per heavy atom. The molecule has 112 valence electrons. The summed E-state index contributed by atoms with van der Waals surface area (Å²) < 4.78 is 0. The first kappa shape index (κ1) is 15.3. The average molecular weight is 287 g/mol. The Labute approximate surface area is 125 Å². The number of hydrogen-bond acceptors (Lipinski definition) is 2. The molecule has 1 fully saturated rings. The van der Waals surface area contributed by atoms with Gasteiger partial charge in [-0.1, -0.05) is 13.0 Å². The van der Waals surface area contributed by atoms with E-state index in [4.69, 9.17) is 5.11 Å². The lowest BCUT2D eigenvalue weighted by Gasteiger charge is -2.24. The van der Waals surface area contributed by atoms with Crippen LogP contribution in [-0.4, -0.2) is 34.5 Å². The van der Waals surface area contributed by atoms with Gasteiger partial charge < -0.3 is 10.0 Å². The maximum atomic E-state index is 12.6. The van der Waals surface area contributed by atoms with Crippen molar-refractivity contribution in [3.8, 4) is 0 Å². The lowest BCUT2D eigenvalue weighted by Crippen LogP contribution is -2.35. The number of carboxylic acid groups (broad SMARTS) is 1. The summed E-state index contributed by atoms with van der Waals surface area (Å²) in [5.74, 6) is -0.943. The third kappa shape index (κ3) is 3.51. The molecule has 1 atom stereocenters. The number of hydrogen-bond donors (Lipinski definition) is 1. The normalized spacial score (nSPS) is 18.4. The minimum atomic E-state index is -0.989. The highest BCUT2D eigenvalue weighted by Gasteiger charge is 2.28. The van der Waals surface area contributed by atoms with Gasteiger partial charge in [0.05, 0.1) is 0 Å². The van der Waals surface area contributed by atoms with Crippen LogP contribution in [0.5, 0.6) is 0 Å². The number of carbonyl (C=O) groups excluding carboxylic acids is 1. The molecule has 0 aromatic heterocycles. The van der Waals surface area contributed by atoms with Gasteiger partial charge in [-0.2, -0.15) is 0 Å². The van der Waals surface area contributed by atoms with E-state index in [9.17, 15) is 9.59 Å². The quantitative estimate of drug-likeness (QED) is 0.866. The fourth-order valence-electron chi connectivity index (χ4n) is 2.81. The predicted molar refractivity (Wildman–Crippen MR) is 82.2 cm³/mol. The first-order valence-electron chi connectivity index (χ1n) is 7.35. The van der Waals surface area contributed by atoms with Gasteiger partial charge in [-0.15, -0.1) is 0 Å². The molecule has 1 aliphatic heterocycles. The van der Waals surface area contributed by atoms with Crippen molar-refractivity contribution in [2.45, 2.75) is 39.2 Å². The Morgan fingerprint density at radius 2 is 2.19 bits per heavy atom. The minimum Gasteiger partial charge on any atom is -0.478 e. The highest BCUT2D eigenvalue weighted by Crippen LogP contribution is 2.23. The Hall–Kier alpha value is -2.10. The number of amides is 1. The fourth-order valence-corrected chi connectivity index (χ4v) is 2.81. The molecule has 0 radical (unpaired) electrons. The van der Waals surface area contributed by atoms with Gasteiger partial charge in [-0.05, 0) is 55.5 Å². The van der Waals surface area contributed by atoms with E-state index in [1.165, 1.54) is 6.08 Å². The van der Waals surface area contributed by atoms with Crippen molar-refractivity contribution in [1.82, 2.24) is 4.90 Å². The summed E-state index contributed by atoms with van der Waals surface area (Å²) in [5.41, 5.74) is 2.36. The molecule has 0 spiro atoms. The lowest BCUT2D eigenvalue weighted by molar-refractivity contribution is -0.131. The van der Waals surface area contributed by atoms with E-state index in [2.05, 4.69) is 6.92 Å². The average Bonchev–Trinajstić information content (AvgIpc) is 2.94. The van der Waals surface area contributed by atoms with Gasteiger partial charge >= 0.3 is 5.97 Å². The van der Waals surface area contributed by atoms with Crippen LogP contribution in [0.3, 0.4) is 0 Å². The van der Waals surface area contributed by atoms with Gasteiger partial charge in [0, 0.05) is 24.2 Å². The van der Waals surface area contributed by atoms with Crippen LogP contribution in [0, 0.1) is 6.92 Å². The molecule has 2 rings (SSSR count). The van der Waals surface area contributed by atoms with E-state index < -0.39 is 5.97 Å². The highest BCUT2D eigenvalue weighted by atomic mass is 16.4. The zero-order valence-corrected chi connectivity index (χ0v) is 12.5. The molecule has 1 aliphatic rings. The van der Waals surface area contributed by atoms with Crippen molar-refractivity contribution < 1.29 is 14.7 Å². The Bertz CT molecular complexity index is 577. The number of aryl methyl sites for hydroxylation is 1. The fraction of sp³-hybridized carbons (Fsp3) is 0.412. The van der Waals surface area contributed by atoms with Crippen molar-refractivity contribution in [3.63, 3.8) is 0 Å². The standard InChI is InChI=1S/C17H21NO3/c1-3-15-5-4-10-18(15)17(21)14-7-6-12(2)13(11-14)8-9-16(19)20/h6-9,11,15H,3-5,10H2,1-2H3,(H,19,20)/b9-8+. The van der Waals surface area contributed by atoms with Gasteiger partial charge in [-0.3, -0.25) is 4.79 Å². The first-order chi connectivity index (χ1) is 10.0. The number of benzene rings is 1. The molecule has 0 aliphatic carbocycles. The van der Waals surface area contributed by atoms with Crippen LogP contribution in [0.4, 0.5) is 0 Å². The number of carboxylic acids is 1.